The molecule has 0 spiro atoms. The van der Waals surface area contributed by atoms with Crippen LogP contribution in [0.25, 0.3) is 5.70 Å². The molecule has 6 heteroatoms. The largest absolute Gasteiger partial charge is 0.493 e. The number of anilines is 1. The smallest absolute Gasteiger partial charge is 0.161 e. The first-order valence-electron chi connectivity index (χ1n) is 11.1. The van der Waals surface area contributed by atoms with E-state index >= 15 is 0 Å². The van der Waals surface area contributed by atoms with Gasteiger partial charge < -0.3 is 18.9 Å². The van der Waals surface area contributed by atoms with Crippen molar-refractivity contribution in [3.63, 3.8) is 0 Å². The molecule has 0 saturated heterocycles. The van der Waals surface area contributed by atoms with Gasteiger partial charge in [-0.1, -0.05) is 25.1 Å². The molecule has 0 radical (unpaired) electrons. The molecule has 0 aliphatic carbocycles. The van der Waals surface area contributed by atoms with E-state index in [1.807, 2.05) is 59.6 Å². The molecule has 1 aliphatic rings. The number of para-hydroxylation sites is 1. The van der Waals surface area contributed by atoms with Crippen LogP contribution in [0.2, 0.25) is 0 Å². The molecule has 1 atom stereocenters. The number of benzene rings is 3. The molecule has 3 aromatic carbocycles. The zero-order valence-electron chi connectivity index (χ0n) is 20.5. The first kappa shape index (κ1) is 23.2. The number of hydrogen-bond donors (Lipinski definition) is 0. The molecule has 0 aromatic heterocycles. The van der Waals surface area contributed by atoms with E-state index in [4.69, 9.17) is 24.0 Å². The van der Waals surface area contributed by atoms with Crippen molar-refractivity contribution in [2.75, 3.05) is 33.4 Å². The summed E-state index contributed by atoms with van der Waals surface area (Å²) in [5.41, 5.74) is 6.11. The van der Waals surface area contributed by atoms with Gasteiger partial charge >= 0.3 is 0 Å². The van der Waals surface area contributed by atoms with Gasteiger partial charge in [0.2, 0.25) is 0 Å². The van der Waals surface area contributed by atoms with Crippen LogP contribution in [0.15, 0.2) is 77.4 Å². The van der Waals surface area contributed by atoms with E-state index in [0.717, 1.165) is 28.2 Å². The number of methoxy groups -OCH3 is 4. The quantitative estimate of drug-likeness (QED) is 0.434. The van der Waals surface area contributed by atoms with Crippen molar-refractivity contribution in [1.29, 1.82) is 0 Å². The van der Waals surface area contributed by atoms with Gasteiger partial charge in [0, 0.05) is 17.0 Å². The highest BCUT2D eigenvalue weighted by molar-refractivity contribution is 6.08. The van der Waals surface area contributed by atoms with E-state index in [-0.39, 0.29) is 5.92 Å². The van der Waals surface area contributed by atoms with Crippen molar-refractivity contribution < 1.29 is 18.9 Å². The monoisotopic (exact) mass is 458 g/mol. The summed E-state index contributed by atoms with van der Waals surface area (Å²) in [7, 11) is 6.57. The van der Waals surface area contributed by atoms with Crippen molar-refractivity contribution in [3.8, 4) is 23.0 Å². The predicted molar refractivity (Wildman–Crippen MR) is 136 cm³/mol. The average Bonchev–Trinajstić information content (AvgIpc) is 2.89. The van der Waals surface area contributed by atoms with Crippen LogP contribution in [-0.4, -0.2) is 34.2 Å². The van der Waals surface area contributed by atoms with Gasteiger partial charge in [0.25, 0.3) is 0 Å². The Labute approximate surface area is 201 Å². The lowest BCUT2D eigenvalue weighted by atomic mass is 9.87. The van der Waals surface area contributed by atoms with Gasteiger partial charge in [-0.15, -0.1) is 0 Å². The molecule has 6 nitrogen and oxygen atoms in total. The number of hydrazone groups is 1. The zero-order chi connectivity index (χ0) is 24.2. The molecule has 1 heterocycles. The van der Waals surface area contributed by atoms with Gasteiger partial charge in [-0.3, -0.25) is 0 Å². The molecule has 0 fully saturated rings. The van der Waals surface area contributed by atoms with Crippen LogP contribution in [-0.2, 0) is 0 Å². The van der Waals surface area contributed by atoms with Crippen LogP contribution in [0.4, 0.5) is 5.69 Å². The van der Waals surface area contributed by atoms with Gasteiger partial charge in [-0.2, -0.15) is 5.10 Å². The van der Waals surface area contributed by atoms with Crippen molar-refractivity contribution >= 4 is 17.1 Å². The van der Waals surface area contributed by atoms with Crippen molar-refractivity contribution in [3.05, 3.63) is 83.4 Å². The number of nitrogens with zero attached hydrogens (tertiary/aromatic N) is 2. The molecule has 0 bridgehead atoms. The Hall–Kier alpha value is -3.93. The third-order valence-electron chi connectivity index (χ3n) is 6.19. The second kappa shape index (κ2) is 9.91. The number of allylic oxidation sites excluding steroid dienone is 1. The fourth-order valence-electron chi connectivity index (χ4n) is 4.21. The molecule has 176 valence electrons. The molecular weight excluding hydrogens is 428 g/mol. The molecular formula is C28H30N2O4. The second-order valence-electron chi connectivity index (χ2n) is 8.03. The summed E-state index contributed by atoms with van der Waals surface area (Å²) in [6, 6.07) is 22.0. The molecule has 1 unspecified atom stereocenters. The summed E-state index contributed by atoms with van der Waals surface area (Å²) in [5.74, 6) is 2.80. The Morgan fingerprint density at radius 1 is 0.676 bits per heavy atom. The summed E-state index contributed by atoms with van der Waals surface area (Å²) in [5, 5.41) is 7.17. The third kappa shape index (κ3) is 4.19. The van der Waals surface area contributed by atoms with Gasteiger partial charge in [-0.05, 0) is 61.0 Å². The van der Waals surface area contributed by atoms with Crippen LogP contribution >= 0.6 is 0 Å². The fraction of sp³-hybridized carbons (Fsp3) is 0.250. The lowest BCUT2D eigenvalue weighted by Gasteiger charge is -2.34. The molecule has 0 amide bonds. The highest BCUT2D eigenvalue weighted by Crippen LogP contribution is 2.40. The van der Waals surface area contributed by atoms with E-state index < -0.39 is 0 Å². The Kier molecular flexibility index (Phi) is 6.77. The minimum Gasteiger partial charge on any atom is -0.493 e. The normalized spacial score (nSPS) is 15.6. The summed E-state index contributed by atoms with van der Waals surface area (Å²) < 4.78 is 22.0. The zero-order valence-corrected chi connectivity index (χ0v) is 20.5. The first-order chi connectivity index (χ1) is 16.5. The maximum absolute atomic E-state index is 5.58. The van der Waals surface area contributed by atoms with Crippen LogP contribution in [0.3, 0.4) is 0 Å². The van der Waals surface area contributed by atoms with E-state index in [1.54, 1.807) is 28.4 Å². The minimum absolute atomic E-state index is 0.0705. The Morgan fingerprint density at radius 2 is 1.21 bits per heavy atom. The topological polar surface area (TPSA) is 52.5 Å². The molecule has 1 aliphatic heterocycles. The number of rotatable bonds is 7. The molecule has 0 saturated carbocycles. The minimum atomic E-state index is 0.0705. The fourth-order valence-corrected chi connectivity index (χ4v) is 4.21. The maximum atomic E-state index is 5.58. The Bertz CT molecular complexity index is 1230. The van der Waals surface area contributed by atoms with E-state index in [9.17, 15) is 0 Å². The van der Waals surface area contributed by atoms with E-state index in [2.05, 4.69) is 26.0 Å². The summed E-state index contributed by atoms with van der Waals surface area (Å²) >= 11 is 0. The van der Waals surface area contributed by atoms with Crippen LogP contribution in [0.1, 0.15) is 25.0 Å². The number of hydrogen-bond acceptors (Lipinski definition) is 6. The Morgan fingerprint density at radius 3 is 1.76 bits per heavy atom. The molecule has 3 aromatic rings. The van der Waals surface area contributed by atoms with E-state index in [1.165, 1.54) is 5.57 Å². The van der Waals surface area contributed by atoms with Crippen LogP contribution in [0.5, 0.6) is 23.0 Å². The molecule has 4 rings (SSSR count). The van der Waals surface area contributed by atoms with Crippen molar-refractivity contribution in [2.24, 2.45) is 11.0 Å². The van der Waals surface area contributed by atoms with Crippen LogP contribution < -0.4 is 24.0 Å². The Balaban J connectivity index is 1.88. The predicted octanol–water partition coefficient (Wildman–Crippen LogP) is 6.01. The molecule has 0 N–H and O–H groups in total. The first-order valence-corrected chi connectivity index (χ1v) is 11.1. The van der Waals surface area contributed by atoms with Crippen molar-refractivity contribution in [2.45, 2.75) is 13.8 Å². The van der Waals surface area contributed by atoms with Gasteiger partial charge in [-0.25, -0.2) is 5.01 Å². The average molecular weight is 459 g/mol. The highest BCUT2D eigenvalue weighted by atomic mass is 16.5. The van der Waals surface area contributed by atoms with Gasteiger partial charge in [0.15, 0.2) is 23.0 Å². The highest BCUT2D eigenvalue weighted by Gasteiger charge is 2.30. The lowest BCUT2D eigenvalue weighted by Crippen LogP contribution is -2.29. The number of ether oxygens (including phenoxy) is 4. The summed E-state index contributed by atoms with van der Waals surface area (Å²) in [6.45, 7) is 4.33. The van der Waals surface area contributed by atoms with Crippen LogP contribution in [0, 0.1) is 5.92 Å². The van der Waals surface area contributed by atoms with E-state index in [0.29, 0.717) is 23.0 Å². The summed E-state index contributed by atoms with van der Waals surface area (Å²) in [6.07, 6.45) is 0. The summed E-state index contributed by atoms with van der Waals surface area (Å²) in [4.78, 5) is 0. The standard InChI is InChI=1S/C28H30N2O4/c1-18-19(2)28(21-13-15-24(32-4)26(17-21)34-6)30(22-10-8-7-9-11-22)29-27(18)20-12-14-23(31-3)25(16-20)33-5/h7-18H,1-6H3. The SMILES string of the molecule is COc1ccc(C2=NN(c3ccccc3)C(c3ccc(OC)c(OC)c3)=C(C)C2C)cc1OC. The second-order valence-corrected chi connectivity index (χ2v) is 8.03. The van der Waals surface area contributed by atoms with Gasteiger partial charge in [0.1, 0.15) is 0 Å². The lowest BCUT2D eigenvalue weighted by molar-refractivity contribution is 0.355. The van der Waals surface area contributed by atoms with Crippen molar-refractivity contribution in [1.82, 2.24) is 0 Å². The van der Waals surface area contributed by atoms with Gasteiger partial charge in [0.05, 0.1) is 45.5 Å². The molecule has 34 heavy (non-hydrogen) atoms. The maximum Gasteiger partial charge on any atom is 0.161 e. The third-order valence-corrected chi connectivity index (χ3v) is 6.19.